The van der Waals surface area contributed by atoms with Crippen LogP contribution in [0.25, 0.3) is 0 Å². The molecular weight excluding hydrogens is 186 g/mol. The van der Waals surface area contributed by atoms with Crippen molar-refractivity contribution in [1.29, 1.82) is 0 Å². The summed E-state index contributed by atoms with van der Waals surface area (Å²) < 4.78 is 0. The molecule has 2 nitrogen and oxygen atoms in total. The zero-order valence-corrected chi connectivity index (χ0v) is 10.5. The summed E-state index contributed by atoms with van der Waals surface area (Å²) in [5.41, 5.74) is 0. The summed E-state index contributed by atoms with van der Waals surface area (Å²) >= 11 is 0. The van der Waals surface area contributed by atoms with Crippen molar-refractivity contribution >= 4 is 0 Å². The highest BCUT2D eigenvalue weighted by Gasteiger charge is 2.27. The number of aliphatic hydroxyl groups excluding tert-OH is 1. The fourth-order valence-corrected chi connectivity index (χ4v) is 2.81. The lowest BCUT2D eigenvalue weighted by molar-refractivity contribution is 0.202. The van der Waals surface area contributed by atoms with Crippen molar-refractivity contribution in [3.63, 3.8) is 0 Å². The number of aliphatic hydroxyl groups is 1. The first-order valence-electron chi connectivity index (χ1n) is 6.54. The molecule has 1 saturated carbocycles. The fourth-order valence-electron chi connectivity index (χ4n) is 2.81. The third-order valence-corrected chi connectivity index (χ3v) is 3.61. The van der Waals surface area contributed by atoms with E-state index in [0.29, 0.717) is 18.0 Å². The van der Waals surface area contributed by atoms with Crippen molar-refractivity contribution in [3.05, 3.63) is 0 Å². The average Bonchev–Trinajstić information content (AvgIpc) is 2.63. The molecule has 0 saturated heterocycles. The van der Waals surface area contributed by atoms with E-state index in [2.05, 4.69) is 26.1 Å². The predicted octanol–water partition coefficient (Wildman–Crippen LogP) is 2.56. The zero-order chi connectivity index (χ0) is 11.3. The van der Waals surface area contributed by atoms with Gasteiger partial charge in [0, 0.05) is 12.1 Å². The third kappa shape index (κ3) is 4.12. The first-order valence-corrected chi connectivity index (χ1v) is 6.54. The largest absolute Gasteiger partial charge is 0.395 e. The molecule has 2 heteroatoms. The minimum absolute atomic E-state index is 0.283. The van der Waals surface area contributed by atoms with Gasteiger partial charge in [-0.2, -0.15) is 0 Å². The van der Waals surface area contributed by atoms with E-state index in [9.17, 15) is 5.11 Å². The van der Waals surface area contributed by atoms with Gasteiger partial charge in [-0.15, -0.1) is 0 Å². The Balaban J connectivity index is 2.36. The molecular formula is C13H27NO. The molecule has 1 aliphatic carbocycles. The number of hydrogen-bond donors (Lipinski definition) is 2. The van der Waals surface area contributed by atoms with E-state index in [1.165, 1.54) is 25.7 Å². The molecule has 0 aromatic rings. The third-order valence-electron chi connectivity index (χ3n) is 3.61. The van der Waals surface area contributed by atoms with Crippen LogP contribution in [0.1, 0.15) is 52.9 Å². The minimum atomic E-state index is 0.283. The second-order valence-electron chi connectivity index (χ2n) is 5.38. The normalized spacial score (nSPS) is 28.6. The Morgan fingerprint density at radius 3 is 2.60 bits per heavy atom. The number of hydrogen-bond acceptors (Lipinski definition) is 2. The maximum Gasteiger partial charge on any atom is 0.0584 e. The Morgan fingerprint density at radius 1 is 1.33 bits per heavy atom. The van der Waals surface area contributed by atoms with Crippen LogP contribution in [0.3, 0.4) is 0 Å². The van der Waals surface area contributed by atoms with Crippen LogP contribution < -0.4 is 5.32 Å². The van der Waals surface area contributed by atoms with Crippen LogP contribution >= 0.6 is 0 Å². The zero-order valence-electron chi connectivity index (χ0n) is 10.5. The summed E-state index contributed by atoms with van der Waals surface area (Å²) in [4.78, 5) is 0. The van der Waals surface area contributed by atoms with E-state index in [0.717, 1.165) is 12.3 Å². The second-order valence-corrected chi connectivity index (χ2v) is 5.38. The SMILES string of the molecule is CCC1CCCC1NC(CO)CC(C)C. The summed E-state index contributed by atoms with van der Waals surface area (Å²) in [6, 6.07) is 0.966. The van der Waals surface area contributed by atoms with Gasteiger partial charge in [0.2, 0.25) is 0 Å². The first-order chi connectivity index (χ1) is 7.17. The van der Waals surface area contributed by atoms with Crippen molar-refractivity contribution in [1.82, 2.24) is 5.32 Å². The molecule has 2 N–H and O–H groups in total. The number of nitrogens with one attached hydrogen (secondary N) is 1. The van der Waals surface area contributed by atoms with Crippen LogP contribution in [0.4, 0.5) is 0 Å². The highest BCUT2D eigenvalue weighted by molar-refractivity contribution is 4.85. The van der Waals surface area contributed by atoms with E-state index >= 15 is 0 Å². The van der Waals surface area contributed by atoms with Gasteiger partial charge in [-0.05, 0) is 31.1 Å². The van der Waals surface area contributed by atoms with E-state index in [-0.39, 0.29) is 6.61 Å². The Labute approximate surface area is 94.5 Å². The van der Waals surface area contributed by atoms with Crippen molar-refractivity contribution in [2.45, 2.75) is 65.0 Å². The lowest BCUT2D eigenvalue weighted by atomic mass is 9.98. The molecule has 0 heterocycles. The Kier molecular flexibility index (Phi) is 5.62. The summed E-state index contributed by atoms with van der Waals surface area (Å²) in [6.45, 7) is 7.00. The maximum absolute atomic E-state index is 9.33. The van der Waals surface area contributed by atoms with E-state index in [1.807, 2.05) is 0 Å². The molecule has 1 rings (SSSR count). The van der Waals surface area contributed by atoms with E-state index in [4.69, 9.17) is 0 Å². The van der Waals surface area contributed by atoms with Crippen molar-refractivity contribution in [3.8, 4) is 0 Å². The summed E-state index contributed by atoms with van der Waals surface area (Å²) in [5.74, 6) is 1.50. The van der Waals surface area contributed by atoms with Crippen molar-refractivity contribution in [2.24, 2.45) is 11.8 Å². The molecule has 0 aliphatic heterocycles. The molecule has 0 aromatic carbocycles. The van der Waals surface area contributed by atoms with Crippen LogP contribution in [0.2, 0.25) is 0 Å². The molecule has 0 amide bonds. The fraction of sp³-hybridized carbons (Fsp3) is 1.00. The van der Waals surface area contributed by atoms with Crippen LogP contribution in [0.15, 0.2) is 0 Å². The van der Waals surface area contributed by atoms with Crippen molar-refractivity contribution in [2.75, 3.05) is 6.61 Å². The smallest absolute Gasteiger partial charge is 0.0584 e. The highest BCUT2D eigenvalue weighted by atomic mass is 16.3. The molecule has 0 bridgehead atoms. The topological polar surface area (TPSA) is 32.3 Å². The van der Waals surface area contributed by atoms with Crippen molar-refractivity contribution < 1.29 is 5.11 Å². The second kappa shape index (κ2) is 6.49. The molecule has 90 valence electrons. The first kappa shape index (κ1) is 13.0. The summed E-state index contributed by atoms with van der Waals surface area (Å²) in [7, 11) is 0. The van der Waals surface area contributed by atoms with Crippen LogP contribution in [-0.2, 0) is 0 Å². The minimum Gasteiger partial charge on any atom is -0.395 e. The maximum atomic E-state index is 9.33. The van der Waals surface area contributed by atoms with E-state index in [1.54, 1.807) is 0 Å². The lowest BCUT2D eigenvalue weighted by Gasteiger charge is -2.26. The van der Waals surface area contributed by atoms with E-state index < -0.39 is 0 Å². The van der Waals surface area contributed by atoms with Gasteiger partial charge in [0.1, 0.15) is 0 Å². The summed E-state index contributed by atoms with van der Waals surface area (Å²) in [5, 5.41) is 13.0. The standard InChI is InChI=1S/C13H27NO/c1-4-11-6-5-7-13(11)14-12(9-15)8-10(2)3/h10-15H,4-9H2,1-3H3. The van der Waals surface area contributed by atoms with Gasteiger partial charge in [0.05, 0.1) is 6.61 Å². The molecule has 3 atom stereocenters. The number of rotatable bonds is 6. The molecule has 0 spiro atoms. The van der Waals surface area contributed by atoms with Gasteiger partial charge < -0.3 is 10.4 Å². The quantitative estimate of drug-likeness (QED) is 0.711. The van der Waals surface area contributed by atoms with Gasteiger partial charge in [-0.3, -0.25) is 0 Å². The molecule has 3 unspecified atom stereocenters. The Hall–Kier alpha value is -0.0800. The Bertz CT molecular complexity index is 170. The monoisotopic (exact) mass is 213 g/mol. The molecule has 0 radical (unpaired) electrons. The van der Waals surface area contributed by atoms with Gasteiger partial charge in [-0.1, -0.05) is 33.6 Å². The molecule has 15 heavy (non-hydrogen) atoms. The molecule has 1 fully saturated rings. The molecule has 0 aromatic heterocycles. The van der Waals surface area contributed by atoms with Gasteiger partial charge in [-0.25, -0.2) is 0 Å². The Morgan fingerprint density at radius 2 is 2.07 bits per heavy atom. The van der Waals surface area contributed by atoms with Gasteiger partial charge in [0.15, 0.2) is 0 Å². The van der Waals surface area contributed by atoms with Gasteiger partial charge in [0.25, 0.3) is 0 Å². The highest BCUT2D eigenvalue weighted by Crippen LogP contribution is 2.28. The predicted molar refractivity (Wildman–Crippen MR) is 64.9 cm³/mol. The molecule has 1 aliphatic rings. The van der Waals surface area contributed by atoms with Gasteiger partial charge >= 0.3 is 0 Å². The summed E-state index contributed by atoms with van der Waals surface area (Å²) in [6.07, 6.45) is 6.39. The van der Waals surface area contributed by atoms with Crippen LogP contribution in [-0.4, -0.2) is 23.8 Å². The van der Waals surface area contributed by atoms with Crippen LogP contribution in [0, 0.1) is 11.8 Å². The average molecular weight is 213 g/mol. The van der Waals surface area contributed by atoms with Crippen LogP contribution in [0.5, 0.6) is 0 Å². The lowest BCUT2D eigenvalue weighted by Crippen LogP contribution is -2.43.